The summed E-state index contributed by atoms with van der Waals surface area (Å²) in [6.45, 7) is 3.64. The zero-order valence-corrected chi connectivity index (χ0v) is 11.7. The molecular weight excluding hydrogens is 272 g/mol. The average molecular weight is 283 g/mol. The van der Waals surface area contributed by atoms with E-state index in [0.29, 0.717) is 22.7 Å². The van der Waals surface area contributed by atoms with Gasteiger partial charge in [0.15, 0.2) is 6.29 Å². The normalized spacial score (nSPS) is 10.7. The Morgan fingerprint density at radius 3 is 2.67 bits per heavy atom. The third-order valence-electron chi connectivity index (χ3n) is 2.25. The van der Waals surface area contributed by atoms with E-state index in [1.165, 1.54) is 11.8 Å². The lowest BCUT2D eigenvalue weighted by Crippen LogP contribution is -1.99. The van der Waals surface area contributed by atoms with Crippen molar-refractivity contribution in [2.45, 2.75) is 23.9 Å². The van der Waals surface area contributed by atoms with Gasteiger partial charge in [0.05, 0.1) is 11.3 Å². The van der Waals surface area contributed by atoms with E-state index in [4.69, 9.17) is 11.6 Å². The van der Waals surface area contributed by atoms with Crippen molar-refractivity contribution >= 4 is 29.6 Å². The molecule has 0 radical (unpaired) electrons. The van der Waals surface area contributed by atoms with Gasteiger partial charge in [0, 0.05) is 7.05 Å². The van der Waals surface area contributed by atoms with E-state index < -0.39 is 0 Å². The average Bonchev–Trinajstić information content (AvgIpc) is 2.57. The molecule has 0 fully saturated rings. The molecule has 2 aromatic rings. The Kier molecular flexibility index (Phi) is 3.68. The number of aldehydes is 1. The van der Waals surface area contributed by atoms with Crippen LogP contribution in [0.4, 0.5) is 0 Å². The first kappa shape index (κ1) is 13.0. The van der Waals surface area contributed by atoms with Crippen LogP contribution in [0, 0.1) is 13.8 Å². The number of halogens is 1. The van der Waals surface area contributed by atoms with Gasteiger partial charge in [-0.05, 0) is 31.7 Å². The Morgan fingerprint density at radius 1 is 1.39 bits per heavy atom. The first-order valence-electron chi connectivity index (χ1n) is 5.19. The smallest absolute Gasteiger partial charge is 0.155 e. The van der Waals surface area contributed by atoms with Crippen LogP contribution < -0.4 is 0 Å². The Morgan fingerprint density at radius 2 is 2.11 bits per heavy atom. The molecule has 0 aromatic carbocycles. The molecule has 0 saturated heterocycles. The molecule has 0 aliphatic rings. The Labute approximate surface area is 114 Å². The third kappa shape index (κ3) is 2.54. The van der Waals surface area contributed by atoms with Crippen molar-refractivity contribution < 1.29 is 4.79 Å². The van der Waals surface area contributed by atoms with E-state index in [1.54, 1.807) is 11.6 Å². The van der Waals surface area contributed by atoms with Gasteiger partial charge in [0.25, 0.3) is 0 Å². The SMILES string of the molecule is Cc1cc(Sc2nc(C)nc(Cl)c2C=O)n(C)n1. The molecule has 0 unspecified atom stereocenters. The molecular formula is C11H11ClN4OS. The highest BCUT2D eigenvalue weighted by Gasteiger charge is 2.14. The zero-order valence-electron chi connectivity index (χ0n) is 10.1. The second-order valence-corrected chi connectivity index (χ2v) is 5.12. The van der Waals surface area contributed by atoms with Gasteiger partial charge in [-0.15, -0.1) is 0 Å². The fourth-order valence-electron chi connectivity index (χ4n) is 1.48. The number of carbonyl (C=O) groups is 1. The summed E-state index contributed by atoms with van der Waals surface area (Å²) in [6.07, 6.45) is 0.674. The molecule has 94 valence electrons. The van der Waals surface area contributed by atoms with Crippen LogP contribution in [0.5, 0.6) is 0 Å². The van der Waals surface area contributed by atoms with Gasteiger partial charge in [-0.3, -0.25) is 9.48 Å². The summed E-state index contributed by atoms with van der Waals surface area (Å²) in [4.78, 5) is 19.2. The minimum atomic E-state index is 0.180. The van der Waals surface area contributed by atoms with Crippen molar-refractivity contribution in [2.24, 2.45) is 7.05 Å². The maximum Gasteiger partial charge on any atom is 0.155 e. The molecule has 0 saturated carbocycles. The van der Waals surface area contributed by atoms with Gasteiger partial charge in [-0.1, -0.05) is 11.6 Å². The predicted molar refractivity (Wildman–Crippen MR) is 69.2 cm³/mol. The summed E-state index contributed by atoms with van der Waals surface area (Å²) >= 11 is 7.28. The molecule has 0 aliphatic carbocycles. The number of hydrogen-bond acceptors (Lipinski definition) is 5. The Balaban J connectivity index is 2.45. The molecule has 2 heterocycles. The number of hydrogen-bond donors (Lipinski definition) is 0. The lowest BCUT2D eigenvalue weighted by atomic mass is 10.4. The van der Waals surface area contributed by atoms with Crippen LogP contribution in [0.3, 0.4) is 0 Å². The molecule has 0 atom stereocenters. The van der Waals surface area contributed by atoms with Crippen LogP contribution in [0.15, 0.2) is 16.1 Å². The van der Waals surface area contributed by atoms with Gasteiger partial charge < -0.3 is 0 Å². The van der Waals surface area contributed by atoms with Gasteiger partial charge in [-0.2, -0.15) is 5.10 Å². The third-order valence-corrected chi connectivity index (χ3v) is 3.64. The summed E-state index contributed by atoms with van der Waals surface area (Å²) in [6, 6.07) is 1.92. The van der Waals surface area contributed by atoms with Crippen LogP contribution in [0.2, 0.25) is 5.15 Å². The summed E-state index contributed by atoms with van der Waals surface area (Å²) in [5, 5.41) is 5.86. The first-order valence-corrected chi connectivity index (χ1v) is 6.38. The number of aryl methyl sites for hydroxylation is 3. The van der Waals surface area contributed by atoms with E-state index >= 15 is 0 Å². The number of nitrogens with zero attached hydrogens (tertiary/aromatic N) is 4. The lowest BCUT2D eigenvalue weighted by molar-refractivity contribution is 0.112. The second kappa shape index (κ2) is 5.07. The van der Waals surface area contributed by atoms with Crippen molar-refractivity contribution in [3.63, 3.8) is 0 Å². The molecule has 0 spiro atoms. The van der Waals surface area contributed by atoms with Gasteiger partial charge in [-0.25, -0.2) is 9.97 Å². The van der Waals surface area contributed by atoms with Crippen LogP contribution in [-0.2, 0) is 7.05 Å². The highest BCUT2D eigenvalue weighted by molar-refractivity contribution is 7.99. The van der Waals surface area contributed by atoms with E-state index in [2.05, 4.69) is 15.1 Å². The fourth-order valence-corrected chi connectivity index (χ4v) is 2.83. The van der Waals surface area contributed by atoms with Crippen LogP contribution in [0.25, 0.3) is 0 Å². The van der Waals surface area contributed by atoms with Crippen molar-refractivity contribution in [2.75, 3.05) is 0 Å². The summed E-state index contributed by atoms with van der Waals surface area (Å²) in [7, 11) is 1.84. The highest BCUT2D eigenvalue weighted by atomic mass is 35.5. The number of rotatable bonds is 3. The molecule has 2 aromatic heterocycles. The molecule has 0 bridgehead atoms. The predicted octanol–water partition coefficient (Wildman–Crippen LogP) is 2.44. The molecule has 0 N–H and O–H groups in total. The van der Waals surface area contributed by atoms with E-state index in [-0.39, 0.29) is 5.15 Å². The highest BCUT2D eigenvalue weighted by Crippen LogP contribution is 2.30. The molecule has 2 rings (SSSR count). The largest absolute Gasteiger partial charge is 0.298 e. The zero-order chi connectivity index (χ0) is 13.3. The number of carbonyl (C=O) groups excluding carboxylic acids is 1. The molecule has 0 amide bonds. The van der Waals surface area contributed by atoms with Crippen LogP contribution in [0.1, 0.15) is 21.9 Å². The van der Waals surface area contributed by atoms with Crippen LogP contribution in [-0.4, -0.2) is 26.0 Å². The second-order valence-electron chi connectivity index (χ2n) is 3.75. The summed E-state index contributed by atoms with van der Waals surface area (Å²) < 4.78 is 1.74. The van der Waals surface area contributed by atoms with E-state index in [0.717, 1.165) is 10.7 Å². The Hall–Kier alpha value is -1.40. The fraction of sp³-hybridized carbons (Fsp3) is 0.273. The minimum absolute atomic E-state index is 0.180. The van der Waals surface area contributed by atoms with Crippen molar-refractivity contribution in [3.8, 4) is 0 Å². The monoisotopic (exact) mass is 282 g/mol. The quantitative estimate of drug-likeness (QED) is 0.639. The van der Waals surface area contributed by atoms with Crippen molar-refractivity contribution in [1.82, 2.24) is 19.7 Å². The van der Waals surface area contributed by atoms with E-state index in [1.807, 2.05) is 20.0 Å². The van der Waals surface area contributed by atoms with Gasteiger partial charge in [0.2, 0.25) is 0 Å². The standard InChI is InChI=1S/C11H11ClN4OS/c1-6-4-9(16(3)15-6)18-11-8(5-17)10(12)13-7(2)14-11/h4-5H,1-3H3. The summed E-state index contributed by atoms with van der Waals surface area (Å²) in [5.74, 6) is 0.534. The van der Waals surface area contributed by atoms with Crippen molar-refractivity contribution in [3.05, 3.63) is 28.3 Å². The topological polar surface area (TPSA) is 60.7 Å². The van der Waals surface area contributed by atoms with E-state index in [9.17, 15) is 4.79 Å². The minimum Gasteiger partial charge on any atom is -0.298 e. The lowest BCUT2D eigenvalue weighted by Gasteiger charge is -2.06. The number of aromatic nitrogens is 4. The van der Waals surface area contributed by atoms with Gasteiger partial charge in [0.1, 0.15) is 21.0 Å². The molecule has 5 nitrogen and oxygen atoms in total. The molecule has 18 heavy (non-hydrogen) atoms. The summed E-state index contributed by atoms with van der Waals surface area (Å²) in [5.41, 5.74) is 1.22. The maximum atomic E-state index is 11.0. The first-order chi connectivity index (χ1) is 8.51. The molecule has 0 aliphatic heterocycles. The molecule has 7 heteroatoms. The maximum absolute atomic E-state index is 11.0. The van der Waals surface area contributed by atoms with Crippen molar-refractivity contribution in [1.29, 1.82) is 0 Å². The van der Waals surface area contributed by atoms with Crippen LogP contribution >= 0.6 is 23.4 Å². The Bertz CT molecular complexity index is 611. The van der Waals surface area contributed by atoms with Gasteiger partial charge >= 0.3 is 0 Å².